The van der Waals surface area contributed by atoms with Crippen molar-refractivity contribution in [3.63, 3.8) is 0 Å². The van der Waals surface area contributed by atoms with E-state index in [1.807, 2.05) is 13.0 Å². The molecule has 1 aromatic rings. The van der Waals surface area contributed by atoms with Gasteiger partial charge in [0.25, 0.3) is 0 Å². The summed E-state index contributed by atoms with van der Waals surface area (Å²) in [7, 11) is 0. The maximum atomic E-state index is 8.60. The molecule has 0 aliphatic carbocycles. The van der Waals surface area contributed by atoms with Crippen molar-refractivity contribution in [2.75, 3.05) is 43.5 Å². The molecular weight excluding hydrogens is 256 g/mol. The molecule has 0 amide bonds. The summed E-state index contributed by atoms with van der Waals surface area (Å²) in [4.78, 5) is 8.89. The molecule has 0 saturated heterocycles. The first-order valence-corrected chi connectivity index (χ1v) is 7.34. The second-order valence-electron chi connectivity index (χ2n) is 4.45. The van der Waals surface area contributed by atoms with Crippen molar-refractivity contribution in [3.8, 4) is 0 Å². The van der Waals surface area contributed by atoms with Crippen molar-refractivity contribution in [2.45, 2.75) is 33.1 Å². The van der Waals surface area contributed by atoms with Gasteiger partial charge in [0.2, 0.25) is 0 Å². The van der Waals surface area contributed by atoms with Crippen molar-refractivity contribution in [3.05, 3.63) is 11.9 Å². The summed E-state index contributed by atoms with van der Waals surface area (Å²) in [6, 6.07) is 1.93. The summed E-state index contributed by atoms with van der Waals surface area (Å²) < 4.78 is 5.21. The van der Waals surface area contributed by atoms with Crippen LogP contribution in [0.1, 0.15) is 32.5 Å². The number of aromatic nitrogens is 2. The zero-order valence-electron chi connectivity index (χ0n) is 12.5. The predicted molar refractivity (Wildman–Crippen MR) is 81.2 cm³/mol. The number of nitrogens with zero attached hydrogens (tertiary/aromatic N) is 2. The fourth-order valence-electron chi connectivity index (χ4n) is 1.65. The van der Waals surface area contributed by atoms with Gasteiger partial charge in [-0.05, 0) is 12.8 Å². The lowest BCUT2D eigenvalue weighted by molar-refractivity contribution is 0.0922. The Hall–Kier alpha value is -1.40. The van der Waals surface area contributed by atoms with E-state index in [1.165, 1.54) is 0 Å². The number of aryl methyl sites for hydroxylation is 1. The van der Waals surface area contributed by atoms with Crippen LogP contribution in [-0.4, -0.2) is 48.0 Å². The molecule has 0 fully saturated rings. The molecular formula is C14H26N4O2. The minimum atomic E-state index is 0.0751. The van der Waals surface area contributed by atoms with Crippen LogP contribution in [-0.2, 0) is 11.2 Å². The number of nitrogens with one attached hydrogen (secondary N) is 2. The zero-order valence-corrected chi connectivity index (χ0v) is 12.5. The van der Waals surface area contributed by atoms with E-state index < -0.39 is 0 Å². The summed E-state index contributed by atoms with van der Waals surface area (Å²) in [5.74, 6) is 2.56. The second-order valence-corrected chi connectivity index (χ2v) is 4.45. The summed E-state index contributed by atoms with van der Waals surface area (Å²) in [5.41, 5.74) is 0. The Morgan fingerprint density at radius 1 is 1.10 bits per heavy atom. The summed E-state index contributed by atoms with van der Waals surface area (Å²) in [6.45, 7) is 6.99. The Bertz CT molecular complexity index is 374. The first kappa shape index (κ1) is 16.7. The zero-order chi connectivity index (χ0) is 14.6. The molecule has 0 unspecified atom stereocenters. The van der Waals surface area contributed by atoms with Crippen LogP contribution >= 0.6 is 0 Å². The van der Waals surface area contributed by atoms with Gasteiger partial charge in [0.1, 0.15) is 17.5 Å². The molecule has 0 radical (unpaired) electrons. The first-order chi connectivity index (χ1) is 9.80. The van der Waals surface area contributed by atoms with Gasteiger partial charge in [0.05, 0.1) is 13.2 Å². The minimum absolute atomic E-state index is 0.0751. The first-order valence-electron chi connectivity index (χ1n) is 7.34. The maximum absolute atomic E-state index is 8.60. The molecule has 20 heavy (non-hydrogen) atoms. The number of anilines is 2. The molecule has 0 atom stereocenters. The second kappa shape index (κ2) is 10.4. The summed E-state index contributed by atoms with van der Waals surface area (Å²) >= 11 is 0. The van der Waals surface area contributed by atoms with Crippen molar-refractivity contribution in [2.24, 2.45) is 0 Å². The molecule has 0 spiro atoms. The van der Waals surface area contributed by atoms with Crippen molar-refractivity contribution in [1.82, 2.24) is 9.97 Å². The maximum Gasteiger partial charge on any atom is 0.132 e. The topological polar surface area (TPSA) is 79.3 Å². The largest absolute Gasteiger partial charge is 0.394 e. The normalized spacial score (nSPS) is 10.6. The Balaban J connectivity index is 2.42. The Kier molecular flexibility index (Phi) is 8.66. The monoisotopic (exact) mass is 282 g/mol. The van der Waals surface area contributed by atoms with Gasteiger partial charge in [-0.3, -0.25) is 0 Å². The highest BCUT2D eigenvalue weighted by Gasteiger charge is 2.02. The van der Waals surface area contributed by atoms with Gasteiger partial charge in [-0.15, -0.1) is 0 Å². The van der Waals surface area contributed by atoms with Gasteiger partial charge >= 0.3 is 0 Å². The molecule has 1 rings (SSSR count). The highest BCUT2D eigenvalue weighted by atomic mass is 16.5. The fraction of sp³-hybridized carbons (Fsp3) is 0.714. The number of ether oxygens (including phenoxy) is 1. The molecule has 6 nitrogen and oxygen atoms in total. The van der Waals surface area contributed by atoms with Crippen LogP contribution in [0.5, 0.6) is 0 Å². The van der Waals surface area contributed by atoms with E-state index in [0.717, 1.165) is 49.8 Å². The van der Waals surface area contributed by atoms with Crippen molar-refractivity contribution < 1.29 is 9.84 Å². The molecule has 1 heterocycles. The highest BCUT2D eigenvalue weighted by molar-refractivity contribution is 5.47. The summed E-state index contributed by atoms with van der Waals surface area (Å²) in [6.07, 6.45) is 2.76. The molecule has 0 aliphatic heterocycles. The Morgan fingerprint density at radius 3 is 2.40 bits per heavy atom. The highest BCUT2D eigenvalue weighted by Crippen LogP contribution is 2.12. The lowest BCUT2D eigenvalue weighted by Gasteiger charge is -2.10. The van der Waals surface area contributed by atoms with Crippen molar-refractivity contribution >= 4 is 11.6 Å². The third kappa shape index (κ3) is 6.68. The number of aliphatic hydroxyl groups is 1. The Labute approximate surface area is 121 Å². The van der Waals surface area contributed by atoms with Crippen LogP contribution in [0.3, 0.4) is 0 Å². The molecule has 114 valence electrons. The van der Waals surface area contributed by atoms with E-state index in [0.29, 0.717) is 13.2 Å². The third-order valence-electron chi connectivity index (χ3n) is 2.65. The summed E-state index contributed by atoms with van der Waals surface area (Å²) in [5, 5.41) is 15.2. The van der Waals surface area contributed by atoms with Crippen molar-refractivity contribution in [1.29, 1.82) is 0 Å². The van der Waals surface area contributed by atoms with Gasteiger partial charge in [0.15, 0.2) is 0 Å². The average Bonchev–Trinajstić information content (AvgIpc) is 2.48. The van der Waals surface area contributed by atoms with E-state index in [2.05, 4.69) is 27.5 Å². The number of hydrogen-bond acceptors (Lipinski definition) is 6. The fourth-order valence-corrected chi connectivity index (χ4v) is 1.65. The predicted octanol–water partition coefficient (Wildman–Crippen LogP) is 1.67. The molecule has 1 aromatic heterocycles. The number of rotatable bonds is 11. The van der Waals surface area contributed by atoms with Crippen LogP contribution in [0.25, 0.3) is 0 Å². The molecule has 0 saturated carbocycles. The minimum Gasteiger partial charge on any atom is -0.394 e. The number of aliphatic hydroxyl groups excluding tert-OH is 1. The molecule has 6 heteroatoms. The van der Waals surface area contributed by atoms with Crippen LogP contribution in [0.4, 0.5) is 11.6 Å². The van der Waals surface area contributed by atoms with Gasteiger partial charge < -0.3 is 20.5 Å². The van der Waals surface area contributed by atoms with Gasteiger partial charge in [-0.2, -0.15) is 0 Å². The van der Waals surface area contributed by atoms with Gasteiger partial charge in [-0.1, -0.05) is 13.8 Å². The standard InChI is InChI=1S/C14H26N4O2/c1-3-6-15-13-11-14(18-12(4-2)17-13)16-7-5-9-20-10-8-19/h11,19H,3-10H2,1-2H3,(H2,15,16,17,18). The third-order valence-corrected chi connectivity index (χ3v) is 2.65. The van der Waals surface area contributed by atoms with Crippen LogP contribution in [0.15, 0.2) is 6.07 Å². The van der Waals surface area contributed by atoms with E-state index >= 15 is 0 Å². The van der Waals surface area contributed by atoms with E-state index in [9.17, 15) is 0 Å². The van der Waals surface area contributed by atoms with Crippen LogP contribution in [0.2, 0.25) is 0 Å². The lowest BCUT2D eigenvalue weighted by Crippen LogP contribution is -2.11. The molecule has 0 bridgehead atoms. The van der Waals surface area contributed by atoms with Gasteiger partial charge in [-0.25, -0.2) is 9.97 Å². The average molecular weight is 282 g/mol. The van der Waals surface area contributed by atoms with E-state index in [1.54, 1.807) is 0 Å². The molecule has 0 aromatic carbocycles. The van der Waals surface area contributed by atoms with E-state index in [4.69, 9.17) is 9.84 Å². The van der Waals surface area contributed by atoms with Crippen LogP contribution < -0.4 is 10.6 Å². The molecule has 0 aliphatic rings. The van der Waals surface area contributed by atoms with Gasteiger partial charge in [0, 0.05) is 32.2 Å². The smallest absolute Gasteiger partial charge is 0.132 e. The number of hydrogen-bond donors (Lipinski definition) is 3. The van der Waals surface area contributed by atoms with Crippen LogP contribution in [0, 0.1) is 0 Å². The SMILES string of the molecule is CCCNc1cc(NCCCOCCO)nc(CC)n1. The van der Waals surface area contributed by atoms with E-state index in [-0.39, 0.29) is 6.61 Å². The lowest BCUT2D eigenvalue weighted by atomic mass is 10.4. The molecule has 3 N–H and O–H groups in total. The quantitative estimate of drug-likeness (QED) is 0.536. The Morgan fingerprint density at radius 2 is 1.80 bits per heavy atom.